The molecule has 182 valence electrons. The van der Waals surface area contributed by atoms with Crippen molar-refractivity contribution in [1.29, 1.82) is 0 Å². The second-order valence-electron chi connectivity index (χ2n) is 8.07. The smallest absolute Gasteiger partial charge is 0.290 e. The molecular formula is C24H18F4N7O+. The summed E-state index contributed by atoms with van der Waals surface area (Å²) in [5, 5.41) is 4.41. The summed E-state index contributed by atoms with van der Waals surface area (Å²) in [6.07, 6.45) is -3.68. The first-order chi connectivity index (χ1) is 17.1. The summed E-state index contributed by atoms with van der Waals surface area (Å²) in [6, 6.07) is 13.8. The average molecular weight is 496 g/mol. The van der Waals surface area contributed by atoms with Gasteiger partial charge in [-0.3, -0.25) is 10.7 Å². The Bertz CT molecular complexity index is 1640. The summed E-state index contributed by atoms with van der Waals surface area (Å²) < 4.78 is 56.2. The predicted octanol–water partition coefficient (Wildman–Crippen LogP) is 3.53. The lowest BCUT2D eigenvalue weighted by Crippen LogP contribution is -2.28. The predicted molar refractivity (Wildman–Crippen MR) is 122 cm³/mol. The van der Waals surface area contributed by atoms with Gasteiger partial charge in [-0.05, 0) is 36.8 Å². The van der Waals surface area contributed by atoms with E-state index in [1.54, 1.807) is 30.3 Å². The number of aromatic nitrogens is 6. The third-order valence-corrected chi connectivity index (χ3v) is 5.50. The minimum atomic E-state index is -4.69. The van der Waals surface area contributed by atoms with Crippen molar-refractivity contribution in [1.82, 2.24) is 24.1 Å². The van der Waals surface area contributed by atoms with E-state index >= 15 is 0 Å². The lowest BCUT2D eigenvalue weighted by Gasteiger charge is -2.12. The van der Waals surface area contributed by atoms with Crippen molar-refractivity contribution in [2.24, 2.45) is 0 Å². The number of alkyl halides is 3. The van der Waals surface area contributed by atoms with Crippen molar-refractivity contribution in [2.45, 2.75) is 19.6 Å². The van der Waals surface area contributed by atoms with Crippen molar-refractivity contribution < 1.29 is 22.5 Å². The van der Waals surface area contributed by atoms with Gasteiger partial charge in [0.1, 0.15) is 17.2 Å². The van der Waals surface area contributed by atoms with E-state index in [9.17, 15) is 22.4 Å². The number of benzene rings is 1. The Hall–Kier alpha value is -4.61. The van der Waals surface area contributed by atoms with Crippen LogP contribution in [0.25, 0.3) is 28.0 Å². The maximum atomic E-state index is 13.6. The zero-order valence-electron chi connectivity index (χ0n) is 18.7. The second kappa shape index (κ2) is 8.56. The fourth-order valence-electron chi connectivity index (χ4n) is 3.95. The molecule has 3 N–H and O–H groups in total. The van der Waals surface area contributed by atoms with Gasteiger partial charge in [0.25, 0.3) is 0 Å². The quantitative estimate of drug-likeness (QED) is 0.384. The Labute approximate surface area is 200 Å². The van der Waals surface area contributed by atoms with Crippen LogP contribution in [0.15, 0.2) is 65.6 Å². The van der Waals surface area contributed by atoms with Crippen LogP contribution in [-0.2, 0) is 12.7 Å². The number of nitrogens with two attached hydrogens (primary N) is 1. The number of fused-ring (bicyclic) bond motifs is 1. The van der Waals surface area contributed by atoms with Crippen molar-refractivity contribution in [3.05, 3.63) is 94.2 Å². The minimum Gasteiger partial charge on any atom is -0.290 e. The normalized spacial score (nSPS) is 11.8. The number of hydrogen-bond donors (Lipinski definition) is 1. The standard InChI is InChI=1S/C24H17F4N7O/c1-13-9-15(10-18(31-13)24(26,27)28)19-20(14-5-3-2-4-6-14)32-22(29)35-21(19)33-34(23(35)36)12-17-8-7-16(25)11-30-17/h2-11H,12H2,1H3,(H2,29,32)/p+1. The van der Waals surface area contributed by atoms with Gasteiger partial charge in [0, 0.05) is 11.3 Å². The first-order valence-corrected chi connectivity index (χ1v) is 10.7. The highest BCUT2D eigenvalue weighted by Gasteiger charge is 2.34. The Kier molecular flexibility index (Phi) is 5.50. The molecule has 0 saturated heterocycles. The SMILES string of the molecule is Cc1cc(-c2c(-c3ccccc3)[nH+]c(N)n3c(=O)n(Cc4ccc(F)cn4)nc23)cc(C(F)(F)F)n1. The topological polar surface area (TPSA) is 105 Å². The molecule has 4 heterocycles. The Morgan fingerprint density at radius 1 is 1.06 bits per heavy atom. The van der Waals surface area contributed by atoms with E-state index in [1.165, 1.54) is 25.1 Å². The molecule has 5 aromatic rings. The Morgan fingerprint density at radius 3 is 2.47 bits per heavy atom. The van der Waals surface area contributed by atoms with Crippen molar-refractivity contribution in [3.63, 3.8) is 0 Å². The molecule has 0 saturated carbocycles. The highest BCUT2D eigenvalue weighted by molar-refractivity contribution is 5.88. The van der Waals surface area contributed by atoms with Crippen LogP contribution in [0.5, 0.6) is 0 Å². The highest BCUT2D eigenvalue weighted by atomic mass is 19.4. The van der Waals surface area contributed by atoms with Crippen molar-refractivity contribution in [2.75, 3.05) is 5.73 Å². The number of nitrogens with one attached hydrogen (secondary N) is 1. The number of aryl methyl sites for hydroxylation is 1. The molecule has 0 unspecified atom stereocenters. The van der Waals surface area contributed by atoms with Crippen molar-refractivity contribution in [3.8, 4) is 22.4 Å². The number of nitrogens with zero attached hydrogens (tertiary/aromatic N) is 5. The molecule has 0 aliphatic rings. The third-order valence-electron chi connectivity index (χ3n) is 5.50. The number of rotatable bonds is 4. The average Bonchev–Trinajstić information content (AvgIpc) is 3.16. The highest BCUT2D eigenvalue weighted by Crippen LogP contribution is 2.36. The lowest BCUT2D eigenvalue weighted by molar-refractivity contribution is -0.351. The van der Waals surface area contributed by atoms with Gasteiger partial charge in [0.2, 0.25) is 5.65 Å². The molecule has 1 aromatic carbocycles. The van der Waals surface area contributed by atoms with Gasteiger partial charge in [-0.25, -0.2) is 19.2 Å². The lowest BCUT2D eigenvalue weighted by atomic mass is 9.99. The zero-order chi connectivity index (χ0) is 25.6. The molecule has 0 atom stereocenters. The number of H-pyrrole nitrogens is 1. The first kappa shape index (κ1) is 23.1. The zero-order valence-corrected chi connectivity index (χ0v) is 18.7. The van der Waals surface area contributed by atoms with Gasteiger partial charge >= 0.3 is 17.8 Å². The van der Waals surface area contributed by atoms with Gasteiger partial charge < -0.3 is 0 Å². The summed E-state index contributed by atoms with van der Waals surface area (Å²) >= 11 is 0. The maximum absolute atomic E-state index is 13.6. The van der Waals surface area contributed by atoms with Gasteiger partial charge in [0.05, 0.1) is 24.0 Å². The fourth-order valence-corrected chi connectivity index (χ4v) is 3.95. The minimum absolute atomic E-state index is 0.0379. The van der Waals surface area contributed by atoms with E-state index in [2.05, 4.69) is 20.1 Å². The molecule has 0 fully saturated rings. The number of pyridine rings is 2. The van der Waals surface area contributed by atoms with Crippen LogP contribution in [0.1, 0.15) is 17.1 Å². The molecule has 0 bridgehead atoms. The monoisotopic (exact) mass is 496 g/mol. The largest absolute Gasteiger partial charge is 0.433 e. The molecular weight excluding hydrogens is 478 g/mol. The molecule has 5 rings (SSSR count). The van der Waals surface area contributed by atoms with E-state index in [0.717, 1.165) is 21.3 Å². The van der Waals surface area contributed by atoms with E-state index in [-0.39, 0.29) is 35.0 Å². The molecule has 0 aliphatic heterocycles. The van der Waals surface area contributed by atoms with Crippen LogP contribution in [0, 0.1) is 12.7 Å². The summed E-state index contributed by atoms with van der Waals surface area (Å²) in [5.41, 5.74) is 6.36. The number of nitrogen functional groups attached to an aromatic ring is 1. The van der Waals surface area contributed by atoms with E-state index in [0.29, 0.717) is 17.0 Å². The first-order valence-electron chi connectivity index (χ1n) is 10.7. The number of hydrogen-bond acceptors (Lipinski definition) is 5. The molecule has 12 heteroatoms. The van der Waals surface area contributed by atoms with Crippen LogP contribution in [0.4, 0.5) is 23.5 Å². The third kappa shape index (κ3) is 4.17. The number of aromatic amines is 1. The van der Waals surface area contributed by atoms with Crippen molar-refractivity contribution >= 4 is 11.6 Å². The van der Waals surface area contributed by atoms with Crippen LogP contribution >= 0.6 is 0 Å². The summed E-state index contributed by atoms with van der Waals surface area (Å²) in [4.78, 5) is 23.7. The van der Waals surface area contributed by atoms with Gasteiger partial charge in [-0.2, -0.15) is 17.9 Å². The van der Waals surface area contributed by atoms with E-state index in [4.69, 9.17) is 5.73 Å². The molecule has 36 heavy (non-hydrogen) atoms. The molecule has 0 amide bonds. The Morgan fingerprint density at radius 2 is 1.81 bits per heavy atom. The molecule has 0 aliphatic carbocycles. The van der Waals surface area contributed by atoms with Crippen LogP contribution < -0.4 is 16.4 Å². The molecule has 8 nitrogen and oxygen atoms in total. The summed E-state index contributed by atoms with van der Waals surface area (Å²) in [7, 11) is 0. The fraction of sp³-hybridized carbons (Fsp3) is 0.125. The Balaban J connectivity index is 1.82. The van der Waals surface area contributed by atoms with Gasteiger partial charge in [0.15, 0.2) is 0 Å². The second-order valence-corrected chi connectivity index (χ2v) is 8.07. The van der Waals surface area contributed by atoms with E-state index < -0.39 is 23.4 Å². The van der Waals surface area contributed by atoms with E-state index in [1.807, 2.05) is 0 Å². The number of halogens is 4. The van der Waals surface area contributed by atoms with Crippen LogP contribution in [0.2, 0.25) is 0 Å². The van der Waals surface area contributed by atoms with Crippen LogP contribution in [0.3, 0.4) is 0 Å². The van der Waals surface area contributed by atoms with Crippen LogP contribution in [-0.4, -0.2) is 24.1 Å². The number of anilines is 1. The molecule has 4 aromatic heterocycles. The van der Waals surface area contributed by atoms with Gasteiger partial charge in [-0.1, -0.05) is 30.3 Å². The maximum Gasteiger partial charge on any atom is 0.433 e. The van der Waals surface area contributed by atoms with Gasteiger partial charge in [-0.15, -0.1) is 9.50 Å². The molecule has 0 spiro atoms. The summed E-state index contributed by atoms with van der Waals surface area (Å²) in [5.74, 6) is -0.610. The molecule has 0 radical (unpaired) electrons. The summed E-state index contributed by atoms with van der Waals surface area (Å²) in [6.45, 7) is 1.34.